The van der Waals surface area contributed by atoms with Crippen molar-refractivity contribution in [1.82, 2.24) is 4.98 Å². The van der Waals surface area contributed by atoms with Crippen molar-refractivity contribution in [1.29, 1.82) is 0 Å². The first kappa shape index (κ1) is 24.5. The molecule has 0 fully saturated rings. The van der Waals surface area contributed by atoms with Gasteiger partial charge in [-0.2, -0.15) is 0 Å². The van der Waals surface area contributed by atoms with E-state index in [0.29, 0.717) is 0 Å². The molecule has 1 heterocycles. The molecule has 1 N–H and O–H groups in total. The summed E-state index contributed by atoms with van der Waals surface area (Å²) in [5, 5.41) is 13.4. The van der Waals surface area contributed by atoms with Gasteiger partial charge < -0.3 is 10.1 Å². The van der Waals surface area contributed by atoms with E-state index in [-0.39, 0.29) is 31.6 Å². The number of nitrogens with zero attached hydrogens (tertiary/aromatic N) is 1. The van der Waals surface area contributed by atoms with Gasteiger partial charge in [0.25, 0.3) is 0 Å². The van der Waals surface area contributed by atoms with Crippen LogP contribution in [0.3, 0.4) is 0 Å². The summed E-state index contributed by atoms with van der Waals surface area (Å²) in [6, 6.07) is 20.8. The van der Waals surface area contributed by atoms with Crippen LogP contribution in [-0.2, 0) is 24.9 Å². The predicted octanol–water partition coefficient (Wildman–Crippen LogP) is 6.82. The molecule has 0 saturated heterocycles. The number of aliphatic hydroxyl groups excluding tert-OH is 1. The quantitative estimate of drug-likeness (QED) is 0.121. The Labute approximate surface area is 197 Å². The second-order valence-electron chi connectivity index (χ2n) is 7.64. The number of ketones is 1. The van der Waals surface area contributed by atoms with Crippen LogP contribution in [0, 0.1) is 26.8 Å². The number of aromatic nitrogens is 1. The third-order valence-corrected chi connectivity index (χ3v) is 4.84. The molecule has 4 rings (SSSR count). The van der Waals surface area contributed by atoms with Crippen molar-refractivity contribution < 1.29 is 30.0 Å². The first-order valence-corrected chi connectivity index (χ1v) is 9.92. The van der Waals surface area contributed by atoms with Crippen molar-refractivity contribution in [2.75, 3.05) is 0 Å². The van der Waals surface area contributed by atoms with Gasteiger partial charge in [-0.15, -0.1) is 34.9 Å². The van der Waals surface area contributed by atoms with Gasteiger partial charge in [0, 0.05) is 32.4 Å². The van der Waals surface area contributed by atoms with Crippen LogP contribution < -0.4 is 0 Å². The Hall–Kier alpha value is -2.81. The molecule has 161 valence electrons. The molecule has 0 spiro atoms. The summed E-state index contributed by atoms with van der Waals surface area (Å²) in [6.45, 7) is 9.21. The maximum absolute atomic E-state index is 10.0. The van der Waals surface area contributed by atoms with E-state index in [0.717, 1.165) is 16.8 Å². The summed E-state index contributed by atoms with van der Waals surface area (Å²) in [5.74, 6) is -0.0625. The molecule has 3 aromatic carbocycles. The third kappa shape index (κ3) is 5.87. The Bertz CT molecular complexity index is 1250. The zero-order valence-electron chi connectivity index (χ0n) is 18.4. The number of fused-ring (bicyclic) bond motifs is 3. The number of carbonyl (C=O) groups excluding carboxylic acids is 1. The molecule has 0 saturated carbocycles. The van der Waals surface area contributed by atoms with Crippen LogP contribution >= 0.6 is 0 Å². The number of aryl methyl sites for hydroxylation is 3. The van der Waals surface area contributed by atoms with Gasteiger partial charge in [-0.25, -0.2) is 0 Å². The van der Waals surface area contributed by atoms with Gasteiger partial charge in [0.2, 0.25) is 0 Å². The molecule has 0 atom stereocenters. The first-order valence-electron chi connectivity index (χ1n) is 9.92. The molecule has 0 aliphatic carbocycles. The largest absolute Gasteiger partial charge is 0.512 e. The summed E-state index contributed by atoms with van der Waals surface area (Å²) < 4.78 is 0. The van der Waals surface area contributed by atoms with Crippen molar-refractivity contribution in [3.63, 3.8) is 0 Å². The van der Waals surface area contributed by atoms with Gasteiger partial charge in [-0.1, -0.05) is 44.2 Å². The minimum absolute atomic E-state index is 0. The second kappa shape index (κ2) is 10.5. The van der Waals surface area contributed by atoms with Crippen molar-refractivity contribution in [3.8, 4) is 11.3 Å². The summed E-state index contributed by atoms with van der Waals surface area (Å²) in [7, 11) is 0. The Morgan fingerprint density at radius 3 is 2.23 bits per heavy atom. The fourth-order valence-electron chi connectivity index (χ4n) is 3.71. The maximum atomic E-state index is 10.0. The number of rotatable bonds is 2. The Kier molecular flexibility index (Phi) is 8.27. The minimum atomic E-state index is -0.125. The van der Waals surface area contributed by atoms with E-state index in [4.69, 9.17) is 5.11 Å². The zero-order chi connectivity index (χ0) is 21.8. The molecule has 0 unspecified atom stereocenters. The monoisotopic (exact) mass is 589 g/mol. The molecule has 0 amide bonds. The van der Waals surface area contributed by atoms with E-state index in [1.807, 2.05) is 6.20 Å². The summed E-state index contributed by atoms with van der Waals surface area (Å²) in [4.78, 5) is 14.7. The van der Waals surface area contributed by atoms with Gasteiger partial charge in [-0.05, 0) is 59.6 Å². The van der Waals surface area contributed by atoms with Crippen molar-refractivity contribution in [2.24, 2.45) is 0 Å². The molecule has 0 aliphatic rings. The number of pyridine rings is 1. The van der Waals surface area contributed by atoms with Gasteiger partial charge in [-0.3, -0.25) is 4.79 Å². The standard InChI is InChI=1S/C22H18N.C5H8O2.Ir/c1-14-11-15(2)13-17(12-14)22-21-8-7-18-16(3)5-4-6-19(18)20(21)9-10-23-22;1-4(6)3-5(2)7;/h4-12H,1-3H3;3,6H,1-2H3;/q-1;;/b;4-3-;. The van der Waals surface area contributed by atoms with Crippen molar-refractivity contribution >= 4 is 27.3 Å². The Morgan fingerprint density at radius 2 is 1.61 bits per heavy atom. The van der Waals surface area contributed by atoms with Crippen LogP contribution in [0.4, 0.5) is 0 Å². The Balaban J connectivity index is 0.000000373. The number of hydrogen-bond acceptors (Lipinski definition) is 3. The Morgan fingerprint density at radius 1 is 0.935 bits per heavy atom. The number of carbonyl (C=O) groups is 1. The molecule has 31 heavy (non-hydrogen) atoms. The fourth-order valence-corrected chi connectivity index (χ4v) is 3.71. The van der Waals surface area contributed by atoms with E-state index >= 15 is 0 Å². The van der Waals surface area contributed by atoms with E-state index < -0.39 is 0 Å². The molecule has 4 aromatic rings. The van der Waals surface area contributed by atoms with E-state index in [1.165, 1.54) is 52.6 Å². The van der Waals surface area contributed by atoms with Crippen LogP contribution in [0.15, 0.2) is 66.6 Å². The van der Waals surface area contributed by atoms with Crippen LogP contribution in [-0.4, -0.2) is 15.9 Å². The maximum Gasteiger partial charge on any atom is 0.155 e. The fraction of sp³-hybridized carbons (Fsp3) is 0.185. The van der Waals surface area contributed by atoms with Crippen LogP contribution in [0.2, 0.25) is 0 Å². The van der Waals surface area contributed by atoms with Crippen molar-refractivity contribution in [2.45, 2.75) is 34.6 Å². The summed E-state index contributed by atoms with van der Waals surface area (Å²) in [6.07, 6.45) is 3.07. The smallest absolute Gasteiger partial charge is 0.155 e. The van der Waals surface area contributed by atoms with Crippen molar-refractivity contribution in [3.05, 3.63) is 89.3 Å². The molecular formula is C27H26IrNO2-. The second-order valence-corrected chi connectivity index (χ2v) is 7.64. The molecule has 4 heteroatoms. The number of benzene rings is 3. The number of hydrogen-bond donors (Lipinski definition) is 1. The molecule has 0 bridgehead atoms. The van der Waals surface area contributed by atoms with Crippen LogP contribution in [0.5, 0.6) is 0 Å². The minimum Gasteiger partial charge on any atom is -0.512 e. The molecule has 1 radical (unpaired) electrons. The molecule has 3 nitrogen and oxygen atoms in total. The SMILES string of the molecule is CC(=O)/C=C(/C)O.Cc1[c-]c(-c2nccc3c2ccc2c(C)cccc23)cc(C)c1.[Ir]. The topological polar surface area (TPSA) is 50.2 Å². The van der Waals surface area contributed by atoms with E-state index in [9.17, 15) is 4.79 Å². The van der Waals surface area contributed by atoms with Gasteiger partial charge in [0.1, 0.15) is 0 Å². The molecule has 1 aromatic heterocycles. The predicted molar refractivity (Wildman–Crippen MR) is 125 cm³/mol. The molecule has 0 aliphatic heterocycles. The van der Waals surface area contributed by atoms with Gasteiger partial charge in [0.05, 0.1) is 5.76 Å². The zero-order valence-corrected chi connectivity index (χ0v) is 20.8. The van der Waals surface area contributed by atoms with Gasteiger partial charge >= 0.3 is 0 Å². The number of allylic oxidation sites excluding steroid dienone is 2. The van der Waals surface area contributed by atoms with E-state index in [2.05, 4.69) is 80.4 Å². The normalized spacial score (nSPS) is 10.9. The average molecular weight is 589 g/mol. The summed E-state index contributed by atoms with van der Waals surface area (Å²) in [5.41, 5.74) is 5.78. The average Bonchev–Trinajstić information content (AvgIpc) is 2.66. The number of aliphatic hydroxyl groups is 1. The third-order valence-electron chi connectivity index (χ3n) is 4.84. The summed E-state index contributed by atoms with van der Waals surface area (Å²) >= 11 is 0. The first-order chi connectivity index (χ1) is 14.3. The van der Waals surface area contributed by atoms with Crippen LogP contribution in [0.25, 0.3) is 32.8 Å². The van der Waals surface area contributed by atoms with Crippen LogP contribution in [0.1, 0.15) is 30.5 Å². The van der Waals surface area contributed by atoms with E-state index in [1.54, 1.807) is 0 Å². The van der Waals surface area contributed by atoms with Gasteiger partial charge in [0.15, 0.2) is 5.78 Å². The molecular weight excluding hydrogens is 563 g/mol.